The molecule has 2 heterocycles. The zero-order valence-corrected chi connectivity index (χ0v) is 12.3. The number of halogens is 1. The van der Waals surface area contributed by atoms with Gasteiger partial charge in [-0.25, -0.2) is 12.8 Å². The molecule has 5 heteroatoms. The Labute approximate surface area is 118 Å². The van der Waals surface area contributed by atoms with E-state index in [9.17, 15) is 17.9 Å². The summed E-state index contributed by atoms with van der Waals surface area (Å²) in [5.74, 6) is -0.287. The third kappa shape index (κ3) is 2.27. The van der Waals surface area contributed by atoms with Crippen LogP contribution in [0.5, 0.6) is 0 Å². The predicted octanol–water partition coefficient (Wildman–Crippen LogP) is 2.15. The number of hydrogen-bond acceptors (Lipinski definition) is 3. The standard InChI is InChI=1S/C15H19FO3S/c1-10-6-12(16)3-2-11(10)7-15(17)8-13-4-5-14(9-15)20(13,18)19/h2-3,6,13-14,17H,4-5,7-9H2,1H3. The number of benzene rings is 1. The molecule has 1 N–H and O–H groups in total. The van der Waals surface area contributed by atoms with Crippen molar-refractivity contribution in [2.75, 3.05) is 0 Å². The van der Waals surface area contributed by atoms with Gasteiger partial charge in [-0.3, -0.25) is 0 Å². The van der Waals surface area contributed by atoms with Gasteiger partial charge in [-0.05, 0) is 55.9 Å². The topological polar surface area (TPSA) is 54.4 Å². The van der Waals surface area contributed by atoms with E-state index in [4.69, 9.17) is 0 Å². The first-order valence-corrected chi connectivity index (χ1v) is 8.61. The highest BCUT2D eigenvalue weighted by Gasteiger charge is 2.52. The second kappa shape index (κ2) is 4.53. The van der Waals surface area contributed by atoms with Crippen LogP contribution < -0.4 is 0 Å². The van der Waals surface area contributed by atoms with Crippen LogP contribution in [0.2, 0.25) is 0 Å². The van der Waals surface area contributed by atoms with Gasteiger partial charge in [-0.15, -0.1) is 0 Å². The fourth-order valence-corrected chi connectivity index (χ4v) is 6.25. The van der Waals surface area contributed by atoms with Crippen molar-refractivity contribution in [1.29, 1.82) is 0 Å². The molecular weight excluding hydrogens is 279 g/mol. The van der Waals surface area contributed by atoms with E-state index in [-0.39, 0.29) is 5.82 Å². The summed E-state index contributed by atoms with van der Waals surface area (Å²) in [6.07, 6.45) is 2.35. The van der Waals surface area contributed by atoms with Gasteiger partial charge in [0, 0.05) is 6.42 Å². The van der Waals surface area contributed by atoms with Crippen molar-refractivity contribution in [3.8, 4) is 0 Å². The summed E-state index contributed by atoms with van der Waals surface area (Å²) in [7, 11) is -3.03. The number of sulfone groups is 1. The molecule has 2 aliphatic heterocycles. The fourth-order valence-electron chi connectivity index (χ4n) is 3.70. The summed E-state index contributed by atoms with van der Waals surface area (Å²) in [4.78, 5) is 0. The summed E-state index contributed by atoms with van der Waals surface area (Å²) in [5.41, 5.74) is 0.728. The second-order valence-corrected chi connectivity index (χ2v) is 8.80. The van der Waals surface area contributed by atoms with Crippen LogP contribution in [0.1, 0.15) is 36.8 Å². The highest BCUT2D eigenvalue weighted by molar-refractivity contribution is 7.93. The fraction of sp³-hybridized carbons (Fsp3) is 0.600. The van der Waals surface area contributed by atoms with Gasteiger partial charge in [0.1, 0.15) is 5.82 Å². The van der Waals surface area contributed by atoms with Crippen LogP contribution in [0.3, 0.4) is 0 Å². The molecule has 20 heavy (non-hydrogen) atoms. The quantitative estimate of drug-likeness (QED) is 0.910. The molecular formula is C15H19FO3S. The molecule has 0 spiro atoms. The van der Waals surface area contributed by atoms with Crippen molar-refractivity contribution in [1.82, 2.24) is 0 Å². The number of rotatable bonds is 2. The lowest BCUT2D eigenvalue weighted by Gasteiger charge is -2.36. The van der Waals surface area contributed by atoms with Crippen LogP contribution in [0, 0.1) is 12.7 Å². The molecule has 3 nitrogen and oxygen atoms in total. The molecule has 0 radical (unpaired) electrons. The smallest absolute Gasteiger partial charge is 0.156 e. The van der Waals surface area contributed by atoms with Gasteiger partial charge >= 0.3 is 0 Å². The first-order valence-electron chi connectivity index (χ1n) is 7.00. The van der Waals surface area contributed by atoms with Crippen LogP contribution in [0.4, 0.5) is 4.39 Å². The van der Waals surface area contributed by atoms with Gasteiger partial charge in [-0.1, -0.05) is 6.07 Å². The Bertz CT molecular complexity index is 619. The van der Waals surface area contributed by atoms with E-state index in [1.165, 1.54) is 12.1 Å². The predicted molar refractivity (Wildman–Crippen MR) is 74.8 cm³/mol. The maximum Gasteiger partial charge on any atom is 0.156 e. The Morgan fingerprint density at radius 3 is 2.45 bits per heavy atom. The van der Waals surface area contributed by atoms with E-state index in [0.29, 0.717) is 32.1 Å². The third-order valence-corrected chi connectivity index (χ3v) is 7.44. The highest BCUT2D eigenvalue weighted by Crippen LogP contribution is 2.44. The Kier molecular flexibility index (Phi) is 3.18. The molecule has 0 amide bonds. The maximum atomic E-state index is 13.1. The van der Waals surface area contributed by atoms with Crippen molar-refractivity contribution in [3.05, 3.63) is 35.1 Å². The number of hydrogen-bond donors (Lipinski definition) is 1. The lowest BCUT2D eigenvalue weighted by molar-refractivity contribution is 0.0218. The van der Waals surface area contributed by atoms with Gasteiger partial charge in [0.05, 0.1) is 16.1 Å². The summed E-state index contributed by atoms with van der Waals surface area (Å²) < 4.78 is 37.2. The van der Waals surface area contributed by atoms with Crippen LogP contribution in [0.25, 0.3) is 0 Å². The number of aryl methyl sites for hydroxylation is 1. The Morgan fingerprint density at radius 2 is 1.90 bits per heavy atom. The lowest BCUT2D eigenvalue weighted by Crippen LogP contribution is -2.46. The van der Waals surface area contributed by atoms with Crippen molar-refractivity contribution < 1.29 is 17.9 Å². The van der Waals surface area contributed by atoms with Gasteiger partial charge in [-0.2, -0.15) is 0 Å². The molecule has 3 rings (SSSR count). The molecule has 2 atom stereocenters. The Balaban J connectivity index is 1.85. The first kappa shape index (κ1) is 14.0. The average molecular weight is 298 g/mol. The summed E-state index contributed by atoms with van der Waals surface area (Å²) in [6.45, 7) is 1.82. The molecule has 110 valence electrons. The molecule has 2 fully saturated rings. The van der Waals surface area contributed by atoms with Gasteiger partial charge < -0.3 is 5.11 Å². The zero-order valence-electron chi connectivity index (χ0n) is 11.5. The van der Waals surface area contributed by atoms with E-state index in [0.717, 1.165) is 11.1 Å². The van der Waals surface area contributed by atoms with Gasteiger partial charge in [0.2, 0.25) is 0 Å². The summed E-state index contributed by atoms with van der Waals surface area (Å²) in [5, 5.41) is 9.98. The van der Waals surface area contributed by atoms with E-state index >= 15 is 0 Å². The normalized spacial score (nSPS) is 35.1. The zero-order chi connectivity index (χ0) is 14.5. The van der Waals surface area contributed by atoms with Crippen LogP contribution in [0.15, 0.2) is 18.2 Å². The van der Waals surface area contributed by atoms with Crippen molar-refractivity contribution in [2.45, 2.75) is 55.1 Å². The molecule has 2 aliphatic rings. The molecule has 2 unspecified atom stereocenters. The molecule has 2 bridgehead atoms. The van der Waals surface area contributed by atoms with E-state index in [2.05, 4.69) is 0 Å². The molecule has 0 saturated carbocycles. The minimum Gasteiger partial charge on any atom is -0.389 e. The number of fused-ring (bicyclic) bond motifs is 2. The summed E-state index contributed by atoms with van der Waals surface area (Å²) >= 11 is 0. The molecule has 1 aromatic rings. The van der Waals surface area contributed by atoms with E-state index in [1.807, 2.05) is 6.92 Å². The van der Waals surface area contributed by atoms with Crippen LogP contribution >= 0.6 is 0 Å². The minimum atomic E-state index is -3.03. The molecule has 0 aromatic heterocycles. The third-order valence-electron chi connectivity index (χ3n) is 4.78. The first-order chi connectivity index (χ1) is 9.30. The van der Waals surface area contributed by atoms with Crippen LogP contribution in [-0.4, -0.2) is 29.6 Å². The molecule has 2 saturated heterocycles. The van der Waals surface area contributed by atoms with Gasteiger partial charge in [0.15, 0.2) is 9.84 Å². The summed E-state index contributed by atoms with van der Waals surface area (Å²) in [6, 6.07) is 4.53. The highest BCUT2D eigenvalue weighted by atomic mass is 32.2. The van der Waals surface area contributed by atoms with Gasteiger partial charge in [0.25, 0.3) is 0 Å². The monoisotopic (exact) mass is 298 g/mol. The molecule has 0 aliphatic carbocycles. The van der Waals surface area contributed by atoms with E-state index < -0.39 is 25.9 Å². The number of aliphatic hydroxyl groups is 1. The van der Waals surface area contributed by atoms with Crippen molar-refractivity contribution in [2.24, 2.45) is 0 Å². The Morgan fingerprint density at radius 1 is 1.30 bits per heavy atom. The molecule has 1 aromatic carbocycles. The SMILES string of the molecule is Cc1cc(F)ccc1CC1(O)CC2CCC(C1)S2(=O)=O. The minimum absolute atomic E-state index is 0.287. The average Bonchev–Trinajstić information content (AvgIpc) is 2.53. The lowest BCUT2D eigenvalue weighted by atomic mass is 9.85. The Hall–Kier alpha value is -0.940. The van der Waals surface area contributed by atoms with E-state index in [1.54, 1.807) is 6.07 Å². The van der Waals surface area contributed by atoms with Crippen LogP contribution in [-0.2, 0) is 16.3 Å². The largest absolute Gasteiger partial charge is 0.389 e. The van der Waals surface area contributed by atoms with Crippen molar-refractivity contribution in [3.63, 3.8) is 0 Å². The van der Waals surface area contributed by atoms with Crippen molar-refractivity contribution >= 4 is 9.84 Å². The second-order valence-electron chi connectivity index (χ2n) is 6.29. The maximum absolute atomic E-state index is 13.1.